The molecular formula is C22H29N5O2. The molecule has 29 heavy (non-hydrogen) atoms. The third kappa shape index (κ3) is 3.35. The van der Waals surface area contributed by atoms with Crippen LogP contribution in [0.15, 0.2) is 22.9 Å². The fraction of sp³-hybridized carbons (Fsp3) is 0.636. The second-order valence-corrected chi connectivity index (χ2v) is 9.18. The number of hydrogen-bond acceptors (Lipinski definition) is 6. The molecular weight excluding hydrogens is 366 g/mol. The SMILES string of the molecule is Cc1ncccc1C(=O)N1CCC2(CC1)CC(c1noc(C3CCC3)n1)N(C)C2. The summed E-state index contributed by atoms with van der Waals surface area (Å²) in [7, 11) is 2.16. The zero-order valence-corrected chi connectivity index (χ0v) is 17.3. The first-order chi connectivity index (χ1) is 14.0. The number of nitrogens with zero attached hydrogens (tertiary/aromatic N) is 5. The van der Waals surface area contributed by atoms with Crippen LogP contribution in [0, 0.1) is 12.3 Å². The van der Waals surface area contributed by atoms with E-state index in [2.05, 4.69) is 22.1 Å². The average molecular weight is 396 g/mol. The van der Waals surface area contributed by atoms with Gasteiger partial charge in [0.25, 0.3) is 5.91 Å². The van der Waals surface area contributed by atoms with Gasteiger partial charge >= 0.3 is 0 Å². The maximum atomic E-state index is 12.9. The van der Waals surface area contributed by atoms with Crippen molar-refractivity contribution < 1.29 is 9.32 Å². The molecule has 0 radical (unpaired) electrons. The van der Waals surface area contributed by atoms with E-state index in [1.165, 1.54) is 19.3 Å². The van der Waals surface area contributed by atoms with Crippen molar-refractivity contribution in [3.05, 3.63) is 41.3 Å². The van der Waals surface area contributed by atoms with Crippen molar-refractivity contribution in [2.75, 3.05) is 26.7 Å². The fourth-order valence-electron chi connectivity index (χ4n) is 5.19. The molecule has 2 aromatic rings. The second kappa shape index (κ2) is 7.20. The Morgan fingerprint density at radius 3 is 2.76 bits per heavy atom. The van der Waals surface area contributed by atoms with E-state index in [0.717, 1.165) is 61.9 Å². The van der Waals surface area contributed by atoms with Crippen LogP contribution in [0.25, 0.3) is 0 Å². The molecule has 154 valence electrons. The van der Waals surface area contributed by atoms with Crippen molar-refractivity contribution in [2.45, 2.75) is 57.4 Å². The van der Waals surface area contributed by atoms with E-state index < -0.39 is 0 Å². The van der Waals surface area contributed by atoms with Gasteiger partial charge in [0.2, 0.25) is 5.89 Å². The molecule has 0 N–H and O–H groups in total. The van der Waals surface area contributed by atoms with Gasteiger partial charge in [-0.05, 0) is 63.6 Å². The first kappa shape index (κ1) is 18.7. The Hall–Kier alpha value is -2.28. The van der Waals surface area contributed by atoms with Crippen molar-refractivity contribution in [3.8, 4) is 0 Å². The molecule has 1 saturated carbocycles. The van der Waals surface area contributed by atoms with E-state index in [9.17, 15) is 4.79 Å². The molecule has 1 spiro atoms. The Kier molecular flexibility index (Phi) is 4.65. The maximum absolute atomic E-state index is 12.9. The highest BCUT2D eigenvalue weighted by Crippen LogP contribution is 2.48. The van der Waals surface area contributed by atoms with Crippen molar-refractivity contribution in [2.24, 2.45) is 5.41 Å². The van der Waals surface area contributed by atoms with Crippen LogP contribution in [0.5, 0.6) is 0 Å². The van der Waals surface area contributed by atoms with Crippen molar-refractivity contribution in [3.63, 3.8) is 0 Å². The molecule has 0 bridgehead atoms. The summed E-state index contributed by atoms with van der Waals surface area (Å²) in [6.45, 7) is 4.53. The minimum Gasteiger partial charge on any atom is -0.339 e. The highest BCUT2D eigenvalue weighted by Gasteiger charge is 2.47. The van der Waals surface area contributed by atoms with Crippen molar-refractivity contribution in [1.29, 1.82) is 0 Å². The molecule has 2 aromatic heterocycles. The highest BCUT2D eigenvalue weighted by atomic mass is 16.5. The number of aryl methyl sites for hydroxylation is 1. The Morgan fingerprint density at radius 2 is 2.07 bits per heavy atom. The van der Waals surface area contributed by atoms with Gasteiger partial charge in [-0.15, -0.1) is 0 Å². The predicted octanol–water partition coefficient (Wildman–Crippen LogP) is 3.34. The Labute approximate surface area is 171 Å². The summed E-state index contributed by atoms with van der Waals surface area (Å²) in [5.74, 6) is 2.25. The molecule has 7 nitrogen and oxygen atoms in total. The third-order valence-electron chi connectivity index (χ3n) is 7.30. The predicted molar refractivity (Wildman–Crippen MR) is 107 cm³/mol. The Morgan fingerprint density at radius 1 is 1.28 bits per heavy atom. The number of pyridine rings is 1. The van der Waals surface area contributed by atoms with Crippen LogP contribution < -0.4 is 0 Å². The molecule has 2 aliphatic heterocycles. The molecule has 7 heteroatoms. The van der Waals surface area contributed by atoms with Crippen LogP contribution in [-0.2, 0) is 0 Å². The number of rotatable bonds is 3. The number of likely N-dealkylation sites (tertiary alicyclic amines) is 2. The molecule has 3 fully saturated rings. The molecule has 5 rings (SSSR count). The summed E-state index contributed by atoms with van der Waals surface area (Å²) in [6, 6.07) is 3.94. The summed E-state index contributed by atoms with van der Waals surface area (Å²) in [5.41, 5.74) is 1.76. The van der Waals surface area contributed by atoms with Gasteiger partial charge in [0.1, 0.15) is 0 Å². The Bertz CT molecular complexity index is 898. The minimum atomic E-state index is 0.108. The molecule has 2 saturated heterocycles. The number of carbonyl (C=O) groups is 1. The van der Waals surface area contributed by atoms with Gasteiger partial charge in [0, 0.05) is 37.4 Å². The number of piperidine rings is 1. The average Bonchev–Trinajstić information content (AvgIpc) is 3.26. The van der Waals surface area contributed by atoms with Gasteiger partial charge in [-0.2, -0.15) is 4.98 Å². The van der Waals surface area contributed by atoms with Gasteiger partial charge in [0.15, 0.2) is 5.82 Å². The van der Waals surface area contributed by atoms with Crippen molar-refractivity contribution in [1.82, 2.24) is 24.9 Å². The summed E-state index contributed by atoms with van der Waals surface area (Å²) < 4.78 is 5.57. The van der Waals surface area contributed by atoms with E-state index in [4.69, 9.17) is 9.51 Å². The van der Waals surface area contributed by atoms with Gasteiger partial charge < -0.3 is 9.42 Å². The zero-order valence-electron chi connectivity index (χ0n) is 17.3. The van der Waals surface area contributed by atoms with Crippen molar-refractivity contribution >= 4 is 5.91 Å². The topological polar surface area (TPSA) is 75.4 Å². The van der Waals surface area contributed by atoms with E-state index in [1.54, 1.807) is 6.20 Å². The quantitative estimate of drug-likeness (QED) is 0.793. The number of hydrogen-bond donors (Lipinski definition) is 0. The summed E-state index contributed by atoms with van der Waals surface area (Å²) in [6.07, 6.45) is 8.43. The van der Waals surface area contributed by atoms with Gasteiger partial charge in [-0.1, -0.05) is 11.6 Å². The molecule has 1 unspecified atom stereocenters. The Balaban J connectivity index is 1.24. The lowest BCUT2D eigenvalue weighted by atomic mass is 9.76. The summed E-state index contributed by atoms with van der Waals surface area (Å²) in [4.78, 5) is 26.3. The lowest BCUT2D eigenvalue weighted by Gasteiger charge is -2.39. The number of carbonyl (C=O) groups excluding carboxylic acids is 1. The lowest BCUT2D eigenvalue weighted by Crippen LogP contribution is -2.44. The van der Waals surface area contributed by atoms with E-state index in [-0.39, 0.29) is 17.4 Å². The molecule has 1 aliphatic carbocycles. The van der Waals surface area contributed by atoms with Crippen LogP contribution in [0.4, 0.5) is 0 Å². The fourth-order valence-corrected chi connectivity index (χ4v) is 5.19. The number of aromatic nitrogens is 3. The molecule has 4 heterocycles. The zero-order chi connectivity index (χ0) is 20.0. The normalized spacial score (nSPS) is 24.8. The monoisotopic (exact) mass is 395 g/mol. The van der Waals surface area contributed by atoms with E-state index >= 15 is 0 Å². The van der Waals surface area contributed by atoms with Gasteiger partial charge in [0.05, 0.1) is 11.6 Å². The van der Waals surface area contributed by atoms with Crippen LogP contribution in [0.2, 0.25) is 0 Å². The van der Waals surface area contributed by atoms with Gasteiger partial charge in [-0.25, -0.2) is 0 Å². The molecule has 3 aliphatic rings. The van der Waals surface area contributed by atoms with Gasteiger partial charge in [-0.3, -0.25) is 14.7 Å². The van der Waals surface area contributed by atoms with Crippen LogP contribution in [0.1, 0.15) is 78.3 Å². The first-order valence-electron chi connectivity index (χ1n) is 10.8. The molecule has 1 amide bonds. The van der Waals surface area contributed by atoms with Crippen LogP contribution >= 0.6 is 0 Å². The largest absolute Gasteiger partial charge is 0.339 e. The highest BCUT2D eigenvalue weighted by molar-refractivity contribution is 5.95. The molecule has 0 aromatic carbocycles. The van der Waals surface area contributed by atoms with E-state index in [0.29, 0.717) is 5.92 Å². The smallest absolute Gasteiger partial charge is 0.255 e. The number of amides is 1. The minimum absolute atomic E-state index is 0.108. The summed E-state index contributed by atoms with van der Waals surface area (Å²) >= 11 is 0. The maximum Gasteiger partial charge on any atom is 0.255 e. The molecule has 1 atom stereocenters. The van der Waals surface area contributed by atoms with Crippen LogP contribution in [-0.4, -0.2) is 57.5 Å². The summed E-state index contributed by atoms with van der Waals surface area (Å²) in [5, 5.41) is 4.32. The third-order valence-corrected chi connectivity index (χ3v) is 7.30. The standard InChI is InChI=1S/C22H29N5O2/c1-15-17(7-4-10-23-15)21(28)27-11-8-22(9-12-27)13-18(26(2)14-22)19-24-20(29-25-19)16-5-3-6-16/h4,7,10,16,18H,3,5-6,8-9,11-14H2,1-2H3. The second-order valence-electron chi connectivity index (χ2n) is 9.18. The lowest BCUT2D eigenvalue weighted by molar-refractivity contribution is 0.0592. The van der Waals surface area contributed by atoms with E-state index in [1.807, 2.05) is 24.0 Å². The van der Waals surface area contributed by atoms with Crippen LogP contribution in [0.3, 0.4) is 0 Å². The first-order valence-corrected chi connectivity index (χ1v) is 10.8.